The van der Waals surface area contributed by atoms with Crippen molar-refractivity contribution in [3.05, 3.63) is 11.6 Å². The molecular formula is C7H10NO+. The Hall–Kier alpha value is -0.850. The molecule has 0 unspecified atom stereocenters. The molecule has 1 aliphatic heterocycles. The zero-order chi connectivity index (χ0) is 6.53. The lowest BCUT2D eigenvalue weighted by Crippen LogP contribution is -1.96. The molecule has 1 heterocycles. The van der Waals surface area contributed by atoms with E-state index in [1.807, 2.05) is 12.3 Å². The summed E-state index contributed by atoms with van der Waals surface area (Å²) in [6.07, 6.45) is 7.25. The van der Waals surface area contributed by atoms with Crippen LogP contribution in [0.3, 0.4) is 0 Å². The van der Waals surface area contributed by atoms with Gasteiger partial charge in [0.1, 0.15) is 0 Å². The van der Waals surface area contributed by atoms with Crippen molar-refractivity contribution in [1.82, 2.24) is 4.67 Å². The molecule has 2 nitrogen and oxygen atoms in total. The Bertz CT molecular complexity index is 175. The largest absolute Gasteiger partial charge is 0.396 e. The van der Waals surface area contributed by atoms with E-state index in [4.69, 9.17) is 5.11 Å². The van der Waals surface area contributed by atoms with Crippen LogP contribution in [0, 0.1) is 0 Å². The smallest absolute Gasteiger partial charge is 0.291 e. The van der Waals surface area contributed by atoms with Crippen LogP contribution in [-0.2, 0) is 0 Å². The molecule has 0 fully saturated rings. The molecule has 0 radical (unpaired) electrons. The first-order chi connectivity index (χ1) is 4.43. The Labute approximate surface area is 54.3 Å². The number of nitrogens with zero attached hydrogens (tertiary/aromatic N) is 1. The quantitative estimate of drug-likeness (QED) is 0.513. The predicted molar refractivity (Wildman–Crippen MR) is 38.7 cm³/mol. The summed E-state index contributed by atoms with van der Waals surface area (Å²) in [5, 5.41) is 8.52. The van der Waals surface area contributed by atoms with Crippen LogP contribution in [0.5, 0.6) is 0 Å². The van der Waals surface area contributed by atoms with Crippen LogP contribution in [0.4, 0.5) is 0 Å². The molecular weight excluding hydrogens is 114 g/mol. The minimum atomic E-state index is 0.244. The first-order valence-corrected chi connectivity index (χ1v) is 3.07. The van der Waals surface area contributed by atoms with Gasteiger partial charge in [0.15, 0.2) is 0 Å². The molecule has 0 saturated heterocycles. The van der Waals surface area contributed by atoms with Crippen molar-refractivity contribution in [3.8, 4) is 0 Å². The lowest BCUT2D eigenvalue weighted by atomic mass is 10.1. The molecule has 9 heavy (non-hydrogen) atoms. The third-order valence-electron chi connectivity index (χ3n) is 1.29. The molecule has 0 saturated carbocycles. The van der Waals surface area contributed by atoms with E-state index in [1.165, 1.54) is 5.57 Å². The van der Waals surface area contributed by atoms with Gasteiger partial charge in [-0.25, -0.2) is 0 Å². The SMILES string of the molecule is OCCC1=CC=[N+]=CC1. The van der Waals surface area contributed by atoms with Gasteiger partial charge in [0, 0.05) is 12.7 Å². The number of hydrogen-bond acceptors (Lipinski definition) is 1. The fourth-order valence-corrected chi connectivity index (χ4v) is 0.776. The van der Waals surface area contributed by atoms with Gasteiger partial charge in [0.05, 0.1) is 6.42 Å². The number of aliphatic hydroxyl groups excluding tert-OH is 1. The predicted octanol–water partition coefficient (Wildman–Crippen LogP) is -0.0923. The van der Waals surface area contributed by atoms with Crippen molar-refractivity contribution in [2.24, 2.45) is 0 Å². The van der Waals surface area contributed by atoms with E-state index < -0.39 is 0 Å². The Morgan fingerprint density at radius 1 is 1.67 bits per heavy atom. The zero-order valence-electron chi connectivity index (χ0n) is 5.25. The summed E-state index contributed by atoms with van der Waals surface area (Å²) in [5.74, 6) is 0. The van der Waals surface area contributed by atoms with Crippen LogP contribution >= 0.6 is 0 Å². The average Bonchev–Trinajstić information content (AvgIpc) is 1.91. The molecule has 48 valence electrons. The van der Waals surface area contributed by atoms with Gasteiger partial charge < -0.3 is 5.11 Å². The first-order valence-electron chi connectivity index (χ1n) is 3.07. The maximum atomic E-state index is 8.52. The second kappa shape index (κ2) is 3.23. The lowest BCUT2D eigenvalue weighted by molar-refractivity contribution is 0.299. The van der Waals surface area contributed by atoms with Crippen LogP contribution < -0.4 is 4.67 Å². The molecule has 1 aliphatic rings. The summed E-state index contributed by atoms with van der Waals surface area (Å²) < 4.78 is 3.90. The molecule has 2 heteroatoms. The van der Waals surface area contributed by atoms with Crippen LogP contribution in [0.25, 0.3) is 0 Å². The zero-order valence-corrected chi connectivity index (χ0v) is 5.25. The fraction of sp³-hybridized carbons (Fsp3) is 0.429. The van der Waals surface area contributed by atoms with Crippen molar-refractivity contribution >= 4 is 12.4 Å². The normalized spacial score (nSPS) is 15.9. The first kappa shape index (κ1) is 6.27. The number of rotatable bonds is 2. The van der Waals surface area contributed by atoms with Crippen molar-refractivity contribution in [1.29, 1.82) is 0 Å². The third kappa shape index (κ3) is 1.84. The molecule has 0 amide bonds. The summed E-state index contributed by atoms with van der Waals surface area (Å²) >= 11 is 0. The van der Waals surface area contributed by atoms with E-state index in [0.717, 1.165) is 12.8 Å². The molecule has 0 atom stereocenters. The standard InChI is InChI=1S/C7H10NO/c9-6-3-7-1-4-8-5-2-7/h1,4-5,9H,2-3,6H2/q+1. The van der Waals surface area contributed by atoms with Gasteiger partial charge in [-0.05, 0) is 12.0 Å². The van der Waals surface area contributed by atoms with Crippen LogP contribution in [0.15, 0.2) is 11.6 Å². The Morgan fingerprint density at radius 2 is 2.56 bits per heavy atom. The molecule has 1 N–H and O–H groups in total. The van der Waals surface area contributed by atoms with E-state index in [1.54, 1.807) is 6.21 Å². The van der Waals surface area contributed by atoms with E-state index in [9.17, 15) is 0 Å². The highest BCUT2D eigenvalue weighted by molar-refractivity contribution is 5.80. The second-order valence-electron chi connectivity index (χ2n) is 1.98. The molecule has 1 rings (SSSR count). The van der Waals surface area contributed by atoms with E-state index in [2.05, 4.69) is 4.67 Å². The lowest BCUT2D eigenvalue weighted by Gasteiger charge is -1.95. The van der Waals surface area contributed by atoms with Crippen molar-refractivity contribution in [2.75, 3.05) is 6.61 Å². The minimum Gasteiger partial charge on any atom is -0.396 e. The average molecular weight is 124 g/mol. The summed E-state index contributed by atoms with van der Waals surface area (Å²) in [5.41, 5.74) is 1.26. The molecule has 0 bridgehead atoms. The number of aliphatic hydroxyl groups is 1. The van der Waals surface area contributed by atoms with Crippen LogP contribution in [-0.4, -0.2) is 24.1 Å². The van der Waals surface area contributed by atoms with Crippen molar-refractivity contribution < 1.29 is 5.11 Å². The molecule has 0 spiro atoms. The highest BCUT2D eigenvalue weighted by atomic mass is 16.2. The van der Waals surface area contributed by atoms with Gasteiger partial charge in [0.25, 0.3) is 12.4 Å². The summed E-state index contributed by atoms with van der Waals surface area (Å²) in [6.45, 7) is 0.244. The highest BCUT2D eigenvalue weighted by Gasteiger charge is 2.00. The van der Waals surface area contributed by atoms with Crippen molar-refractivity contribution in [3.63, 3.8) is 0 Å². The van der Waals surface area contributed by atoms with E-state index >= 15 is 0 Å². The van der Waals surface area contributed by atoms with Gasteiger partial charge >= 0.3 is 0 Å². The summed E-state index contributed by atoms with van der Waals surface area (Å²) in [7, 11) is 0. The number of allylic oxidation sites excluding steroid dienone is 1. The Balaban J connectivity index is 2.45. The maximum absolute atomic E-state index is 8.52. The Morgan fingerprint density at radius 3 is 3.11 bits per heavy atom. The van der Waals surface area contributed by atoms with E-state index in [-0.39, 0.29) is 6.61 Å². The molecule has 0 aromatic carbocycles. The highest BCUT2D eigenvalue weighted by Crippen LogP contribution is 2.03. The summed E-state index contributed by atoms with van der Waals surface area (Å²) in [6, 6.07) is 0. The second-order valence-corrected chi connectivity index (χ2v) is 1.98. The topological polar surface area (TPSA) is 34.3 Å². The molecule has 0 aromatic rings. The van der Waals surface area contributed by atoms with Gasteiger partial charge in [-0.1, -0.05) is 0 Å². The summed E-state index contributed by atoms with van der Waals surface area (Å²) in [4.78, 5) is 0. The maximum Gasteiger partial charge on any atom is 0.291 e. The monoisotopic (exact) mass is 124 g/mol. The van der Waals surface area contributed by atoms with Crippen molar-refractivity contribution in [2.45, 2.75) is 12.8 Å². The van der Waals surface area contributed by atoms with Crippen LogP contribution in [0.2, 0.25) is 0 Å². The van der Waals surface area contributed by atoms with E-state index in [0.29, 0.717) is 0 Å². The molecule has 0 aliphatic carbocycles. The van der Waals surface area contributed by atoms with Gasteiger partial charge in [-0.2, -0.15) is 0 Å². The fourth-order valence-electron chi connectivity index (χ4n) is 0.776. The minimum absolute atomic E-state index is 0.244. The molecule has 0 aromatic heterocycles. The van der Waals surface area contributed by atoms with Gasteiger partial charge in [-0.3, -0.25) is 0 Å². The Kier molecular flexibility index (Phi) is 2.25. The van der Waals surface area contributed by atoms with Gasteiger partial charge in [-0.15, -0.1) is 4.67 Å². The third-order valence-corrected chi connectivity index (χ3v) is 1.29. The number of hydrogen-bond donors (Lipinski definition) is 1. The van der Waals surface area contributed by atoms with Gasteiger partial charge in [0.2, 0.25) is 0 Å². The van der Waals surface area contributed by atoms with Crippen LogP contribution in [0.1, 0.15) is 12.8 Å².